The number of aromatic nitrogens is 2. The average molecular weight is 322 g/mol. The predicted molar refractivity (Wildman–Crippen MR) is 94.8 cm³/mol. The third-order valence-corrected chi connectivity index (χ3v) is 4.68. The zero-order chi connectivity index (χ0) is 16.1. The molecule has 0 aliphatic heterocycles. The molecule has 3 nitrogen and oxygen atoms in total. The molecule has 0 fully saturated rings. The van der Waals surface area contributed by atoms with Gasteiger partial charge in [0.05, 0.1) is 10.6 Å². The number of thiophene rings is 1. The van der Waals surface area contributed by atoms with Crippen LogP contribution < -0.4 is 0 Å². The quantitative estimate of drug-likeness (QED) is 0.496. The Kier molecular flexibility index (Phi) is 4.83. The maximum absolute atomic E-state index is 12.3. The predicted octanol–water partition coefficient (Wildman–Crippen LogP) is 4.45. The van der Waals surface area contributed by atoms with Crippen molar-refractivity contribution in [2.45, 2.75) is 19.9 Å². The van der Waals surface area contributed by atoms with E-state index >= 15 is 0 Å². The van der Waals surface area contributed by atoms with Crippen LogP contribution in [-0.4, -0.2) is 15.6 Å². The fourth-order valence-corrected chi connectivity index (χ4v) is 3.36. The Labute approximate surface area is 139 Å². The first-order valence-electron chi connectivity index (χ1n) is 7.63. The number of ketones is 1. The largest absolute Gasteiger partial charge is 0.288 e. The molecular weight excluding hydrogens is 304 g/mol. The second-order valence-electron chi connectivity index (χ2n) is 5.20. The summed E-state index contributed by atoms with van der Waals surface area (Å²) in [6.45, 7) is 2.82. The van der Waals surface area contributed by atoms with Gasteiger partial charge in [-0.15, -0.1) is 11.3 Å². The molecule has 0 bridgehead atoms. The first kappa shape index (κ1) is 15.4. The molecule has 2 aromatic heterocycles. The number of hydrogen-bond acceptors (Lipinski definition) is 3. The van der Waals surface area contributed by atoms with Crippen molar-refractivity contribution in [1.82, 2.24) is 9.78 Å². The van der Waals surface area contributed by atoms with Crippen LogP contribution in [0.4, 0.5) is 0 Å². The molecule has 3 rings (SSSR count). The number of nitrogens with zero attached hydrogens (tertiary/aromatic N) is 2. The van der Waals surface area contributed by atoms with Gasteiger partial charge in [-0.3, -0.25) is 9.48 Å². The van der Waals surface area contributed by atoms with E-state index in [0.717, 1.165) is 23.5 Å². The summed E-state index contributed by atoms with van der Waals surface area (Å²) >= 11 is 1.56. The number of aryl methyl sites for hydroxylation is 1. The minimum atomic E-state index is 0.0400. The molecule has 0 amide bonds. The lowest BCUT2D eigenvalue weighted by atomic mass is 10.1. The molecule has 23 heavy (non-hydrogen) atoms. The van der Waals surface area contributed by atoms with Crippen LogP contribution >= 0.6 is 11.3 Å². The number of allylic oxidation sites excluding steroid dienone is 1. The van der Waals surface area contributed by atoms with Crippen molar-refractivity contribution < 1.29 is 4.79 Å². The molecule has 4 heteroatoms. The smallest absolute Gasteiger partial charge is 0.195 e. The van der Waals surface area contributed by atoms with Gasteiger partial charge < -0.3 is 0 Å². The fraction of sp³-hybridized carbons (Fsp3) is 0.158. The third kappa shape index (κ3) is 3.85. The Hall–Kier alpha value is -2.46. The second kappa shape index (κ2) is 7.20. The summed E-state index contributed by atoms with van der Waals surface area (Å²) in [6, 6.07) is 16.1. The number of rotatable bonds is 6. The van der Waals surface area contributed by atoms with E-state index in [4.69, 9.17) is 0 Å². The Morgan fingerprint density at radius 1 is 1.17 bits per heavy atom. The van der Waals surface area contributed by atoms with E-state index in [9.17, 15) is 4.79 Å². The fourth-order valence-electron chi connectivity index (χ4n) is 2.39. The van der Waals surface area contributed by atoms with Gasteiger partial charge in [-0.25, -0.2) is 0 Å². The minimum absolute atomic E-state index is 0.0400. The van der Waals surface area contributed by atoms with E-state index in [2.05, 4.69) is 17.2 Å². The molecule has 0 atom stereocenters. The summed E-state index contributed by atoms with van der Waals surface area (Å²) in [7, 11) is 0. The van der Waals surface area contributed by atoms with Crippen LogP contribution in [0.5, 0.6) is 0 Å². The third-order valence-electron chi connectivity index (χ3n) is 3.58. The van der Waals surface area contributed by atoms with Crippen LogP contribution in [0.1, 0.15) is 32.7 Å². The van der Waals surface area contributed by atoms with Crippen molar-refractivity contribution in [3.8, 4) is 0 Å². The van der Waals surface area contributed by atoms with Crippen molar-refractivity contribution in [3.05, 3.63) is 81.8 Å². The lowest BCUT2D eigenvalue weighted by molar-refractivity contribution is 0.105. The van der Waals surface area contributed by atoms with Gasteiger partial charge in [-0.05, 0) is 42.8 Å². The molecule has 2 heterocycles. The van der Waals surface area contributed by atoms with Crippen LogP contribution in [0, 0.1) is 0 Å². The summed E-state index contributed by atoms with van der Waals surface area (Å²) in [4.78, 5) is 14.3. The van der Waals surface area contributed by atoms with E-state index in [1.807, 2.05) is 54.1 Å². The summed E-state index contributed by atoms with van der Waals surface area (Å²) in [6.07, 6.45) is 6.07. The molecule has 3 aromatic rings. The minimum Gasteiger partial charge on any atom is -0.288 e. The van der Waals surface area contributed by atoms with Crippen molar-refractivity contribution in [1.29, 1.82) is 0 Å². The standard InChI is InChI=1S/C19H18N2OS/c1-2-21-16(12-13-20-21)8-10-18(22)19-11-9-17(23-19)14-15-6-4-3-5-7-15/h3-13H,2,14H2,1H3/b10-8+. The second-order valence-corrected chi connectivity index (χ2v) is 6.37. The van der Waals surface area contributed by atoms with Gasteiger partial charge >= 0.3 is 0 Å². The van der Waals surface area contributed by atoms with Gasteiger partial charge in [0.15, 0.2) is 5.78 Å². The van der Waals surface area contributed by atoms with E-state index in [1.165, 1.54) is 10.4 Å². The van der Waals surface area contributed by atoms with Crippen LogP contribution in [0.25, 0.3) is 6.08 Å². The Morgan fingerprint density at radius 2 is 2.00 bits per heavy atom. The van der Waals surface area contributed by atoms with E-state index < -0.39 is 0 Å². The van der Waals surface area contributed by atoms with Crippen molar-refractivity contribution in [2.75, 3.05) is 0 Å². The maximum atomic E-state index is 12.3. The Morgan fingerprint density at radius 3 is 2.78 bits per heavy atom. The number of carbonyl (C=O) groups is 1. The topological polar surface area (TPSA) is 34.9 Å². The van der Waals surface area contributed by atoms with Crippen LogP contribution in [0.15, 0.2) is 60.8 Å². The van der Waals surface area contributed by atoms with E-state index in [0.29, 0.717) is 0 Å². The average Bonchev–Trinajstić information content (AvgIpc) is 3.22. The molecule has 0 aliphatic carbocycles. The zero-order valence-electron chi connectivity index (χ0n) is 13.0. The number of carbonyl (C=O) groups excluding carboxylic acids is 1. The van der Waals surface area contributed by atoms with Crippen molar-refractivity contribution >= 4 is 23.2 Å². The molecule has 0 saturated heterocycles. The maximum Gasteiger partial charge on any atom is 0.195 e. The Balaban J connectivity index is 1.69. The summed E-state index contributed by atoms with van der Waals surface area (Å²) in [5.41, 5.74) is 2.21. The van der Waals surface area contributed by atoms with Gasteiger partial charge in [-0.1, -0.05) is 30.3 Å². The highest BCUT2D eigenvalue weighted by Crippen LogP contribution is 2.21. The highest BCUT2D eigenvalue weighted by Gasteiger charge is 2.07. The number of hydrogen-bond donors (Lipinski definition) is 0. The molecule has 0 spiro atoms. The molecule has 0 N–H and O–H groups in total. The monoisotopic (exact) mass is 322 g/mol. The van der Waals surface area contributed by atoms with Crippen LogP contribution in [0.2, 0.25) is 0 Å². The van der Waals surface area contributed by atoms with Crippen LogP contribution in [0.3, 0.4) is 0 Å². The molecular formula is C19H18N2OS. The van der Waals surface area contributed by atoms with Gasteiger partial charge in [0.1, 0.15) is 0 Å². The van der Waals surface area contributed by atoms with E-state index in [1.54, 1.807) is 23.6 Å². The SMILES string of the molecule is CCn1nccc1/C=C/C(=O)c1ccc(Cc2ccccc2)s1. The molecule has 0 unspecified atom stereocenters. The van der Waals surface area contributed by atoms with Gasteiger partial charge in [0.2, 0.25) is 0 Å². The first-order valence-corrected chi connectivity index (χ1v) is 8.45. The van der Waals surface area contributed by atoms with E-state index in [-0.39, 0.29) is 5.78 Å². The van der Waals surface area contributed by atoms with Crippen LogP contribution in [-0.2, 0) is 13.0 Å². The molecule has 0 radical (unpaired) electrons. The summed E-state index contributed by atoms with van der Waals surface area (Å²) in [5.74, 6) is 0.0400. The van der Waals surface area contributed by atoms with Crippen molar-refractivity contribution in [3.63, 3.8) is 0 Å². The van der Waals surface area contributed by atoms with Crippen molar-refractivity contribution in [2.24, 2.45) is 0 Å². The zero-order valence-corrected chi connectivity index (χ0v) is 13.8. The number of benzene rings is 1. The Bertz CT molecular complexity index is 815. The lowest BCUT2D eigenvalue weighted by Crippen LogP contribution is -1.98. The summed E-state index contributed by atoms with van der Waals surface area (Å²) in [5, 5.41) is 4.19. The van der Waals surface area contributed by atoms with Gasteiger partial charge in [0, 0.05) is 24.0 Å². The summed E-state index contributed by atoms with van der Waals surface area (Å²) < 4.78 is 1.86. The highest BCUT2D eigenvalue weighted by atomic mass is 32.1. The first-order chi connectivity index (χ1) is 11.3. The van der Waals surface area contributed by atoms with Gasteiger partial charge in [-0.2, -0.15) is 5.10 Å². The highest BCUT2D eigenvalue weighted by molar-refractivity contribution is 7.14. The molecule has 1 aromatic carbocycles. The van der Waals surface area contributed by atoms with Gasteiger partial charge in [0.25, 0.3) is 0 Å². The lowest BCUT2D eigenvalue weighted by Gasteiger charge is -1.98. The molecule has 0 aliphatic rings. The molecule has 0 saturated carbocycles. The normalized spacial score (nSPS) is 11.2. The molecule has 116 valence electrons.